The van der Waals surface area contributed by atoms with Gasteiger partial charge >= 0.3 is 0 Å². The van der Waals surface area contributed by atoms with E-state index in [9.17, 15) is 9.59 Å². The van der Waals surface area contributed by atoms with Crippen molar-refractivity contribution >= 4 is 23.4 Å². The SMILES string of the molecule is CC(=O)N[C@H](C)C(=O)NCc1cccc(Cl)c1. The second-order valence-corrected chi connectivity index (χ2v) is 4.21. The molecule has 0 aliphatic heterocycles. The number of halogens is 1. The molecule has 0 aliphatic carbocycles. The predicted molar refractivity (Wildman–Crippen MR) is 66.6 cm³/mol. The molecule has 0 unspecified atom stereocenters. The van der Waals surface area contributed by atoms with E-state index in [2.05, 4.69) is 10.6 Å². The third kappa shape index (κ3) is 4.87. The van der Waals surface area contributed by atoms with Crippen LogP contribution in [0.5, 0.6) is 0 Å². The lowest BCUT2D eigenvalue weighted by atomic mass is 10.2. The average Bonchev–Trinajstić information content (AvgIpc) is 2.25. The third-order valence-corrected chi connectivity index (χ3v) is 2.40. The number of hydrogen-bond donors (Lipinski definition) is 2. The minimum Gasteiger partial charge on any atom is -0.350 e. The molecule has 1 atom stereocenters. The van der Waals surface area contributed by atoms with Crippen LogP contribution >= 0.6 is 11.6 Å². The second kappa shape index (κ2) is 6.25. The fourth-order valence-corrected chi connectivity index (χ4v) is 1.57. The number of hydrogen-bond acceptors (Lipinski definition) is 2. The summed E-state index contributed by atoms with van der Waals surface area (Å²) in [5.74, 6) is -0.449. The zero-order valence-electron chi connectivity index (χ0n) is 9.79. The molecule has 1 aromatic rings. The Morgan fingerprint density at radius 3 is 2.71 bits per heavy atom. The van der Waals surface area contributed by atoms with Crippen LogP contribution in [0.15, 0.2) is 24.3 Å². The van der Waals surface area contributed by atoms with Gasteiger partial charge in [0, 0.05) is 18.5 Å². The summed E-state index contributed by atoms with van der Waals surface area (Å²) in [6, 6.07) is 6.71. The van der Waals surface area contributed by atoms with Crippen molar-refractivity contribution < 1.29 is 9.59 Å². The molecule has 5 heteroatoms. The van der Waals surface area contributed by atoms with Gasteiger partial charge in [0.25, 0.3) is 0 Å². The van der Waals surface area contributed by atoms with Crippen molar-refractivity contribution in [2.45, 2.75) is 26.4 Å². The highest BCUT2D eigenvalue weighted by molar-refractivity contribution is 6.30. The Kier molecular flexibility index (Phi) is 4.97. The molecule has 1 rings (SSSR count). The highest BCUT2D eigenvalue weighted by atomic mass is 35.5. The van der Waals surface area contributed by atoms with E-state index in [1.807, 2.05) is 12.1 Å². The van der Waals surface area contributed by atoms with Crippen LogP contribution in [0.25, 0.3) is 0 Å². The molecule has 0 saturated heterocycles. The van der Waals surface area contributed by atoms with Gasteiger partial charge < -0.3 is 10.6 Å². The monoisotopic (exact) mass is 254 g/mol. The largest absolute Gasteiger partial charge is 0.350 e. The lowest BCUT2D eigenvalue weighted by molar-refractivity contribution is -0.127. The molecule has 0 radical (unpaired) electrons. The average molecular weight is 255 g/mol. The summed E-state index contributed by atoms with van der Waals surface area (Å²) in [5, 5.41) is 5.86. The summed E-state index contributed by atoms with van der Waals surface area (Å²) in [4.78, 5) is 22.3. The van der Waals surface area contributed by atoms with Crippen LogP contribution in [0.3, 0.4) is 0 Å². The van der Waals surface area contributed by atoms with Crippen molar-refractivity contribution in [3.8, 4) is 0 Å². The molecule has 0 spiro atoms. The number of carbonyl (C=O) groups is 2. The first-order chi connectivity index (χ1) is 7.99. The summed E-state index contributed by atoms with van der Waals surface area (Å²) >= 11 is 5.82. The number of amides is 2. The van der Waals surface area contributed by atoms with E-state index in [0.29, 0.717) is 11.6 Å². The molecule has 0 aromatic heterocycles. The Morgan fingerprint density at radius 1 is 1.41 bits per heavy atom. The first-order valence-corrected chi connectivity index (χ1v) is 5.66. The minimum absolute atomic E-state index is 0.222. The molecule has 2 N–H and O–H groups in total. The molecule has 0 aliphatic rings. The van der Waals surface area contributed by atoms with Gasteiger partial charge in [0.05, 0.1) is 0 Å². The topological polar surface area (TPSA) is 58.2 Å². The molecule has 0 heterocycles. The van der Waals surface area contributed by atoms with E-state index in [-0.39, 0.29) is 11.8 Å². The number of nitrogens with one attached hydrogen (secondary N) is 2. The van der Waals surface area contributed by atoms with Crippen LogP contribution in [-0.4, -0.2) is 17.9 Å². The van der Waals surface area contributed by atoms with Crippen molar-refractivity contribution in [2.75, 3.05) is 0 Å². The van der Waals surface area contributed by atoms with E-state index in [1.165, 1.54) is 6.92 Å². The molecular weight excluding hydrogens is 240 g/mol. The van der Waals surface area contributed by atoms with Crippen LogP contribution in [0.1, 0.15) is 19.4 Å². The fraction of sp³-hybridized carbons (Fsp3) is 0.333. The zero-order valence-corrected chi connectivity index (χ0v) is 10.5. The minimum atomic E-state index is -0.535. The van der Waals surface area contributed by atoms with Crippen LogP contribution < -0.4 is 10.6 Å². The van der Waals surface area contributed by atoms with E-state index in [1.54, 1.807) is 19.1 Å². The van der Waals surface area contributed by atoms with Gasteiger partial charge in [-0.15, -0.1) is 0 Å². The molecule has 1 aromatic carbocycles. The molecule has 4 nitrogen and oxygen atoms in total. The zero-order chi connectivity index (χ0) is 12.8. The molecule has 0 saturated carbocycles. The van der Waals surface area contributed by atoms with Gasteiger partial charge in [-0.1, -0.05) is 23.7 Å². The van der Waals surface area contributed by atoms with Gasteiger partial charge in [0.1, 0.15) is 6.04 Å². The Morgan fingerprint density at radius 2 is 2.12 bits per heavy atom. The lowest BCUT2D eigenvalue weighted by Gasteiger charge is -2.12. The summed E-state index contributed by atoms with van der Waals surface area (Å²) in [6.45, 7) is 3.40. The fourth-order valence-electron chi connectivity index (χ4n) is 1.36. The van der Waals surface area contributed by atoms with Crippen molar-refractivity contribution in [3.63, 3.8) is 0 Å². The predicted octanol–water partition coefficient (Wildman–Crippen LogP) is 1.48. The van der Waals surface area contributed by atoms with Crippen molar-refractivity contribution in [1.82, 2.24) is 10.6 Å². The van der Waals surface area contributed by atoms with Crippen LogP contribution in [-0.2, 0) is 16.1 Å². The summed E-state index contributed by atoms with van der Waals surface area (Å²) in [7, 11) is 0. The summed E-state index contributed by atoms with van der Waals surface area (Å²) in [5.41, 5.74) is 0.917. The number of carbonyl (C=O) groups excluding carboxylic acids is 2. The van der Waals surface area contributed by atoms with Crippen molar-refractivity contribution in [3.05, 3.63) is 34.9 Å². The second-order valence-electron chi connectivity index (χ2n) is 3.77. The standard InChI is InChI=1S/C12H15ClN2O2/c1-8(15-9(2)16)12(17)14-7-10-4-3-5-11(13)6-10/h3-6,8H,7H2,1-2H3,(H,14,17)(H,15,16)/t8-/m1/s1. The van der Waals surface area contributed by atoms with E-state index in [4.69, 9.17) is 11.6 Å². The van der Waals surface area contributed by atoms with Crippen LogP contribution in [0.4, 0.5) is 0 Å². The number of benzene rings is 1. The Hall–Kier alpha value is -1.55. The Balaban J connectivity index is 2.45. The molecule has 2 amide bonds. The first kappa shape index (κ1) is 13.5. The van der Waals surface area contributed by atoms with Gasteiger partial charge in [-0.2, -0.15) is 0 Å². The van der Waals surface area contributed by atoms with Crippen LogP contribution in [0, 0.1) is 0 Å². The normalized spacial score (nSPS) is 11.7. The van der Waals surface area contributed by atoms with E-state index < -0.39 is 6.04 Å². The maximum absolute atomic E-state index is 11.6. The van der Waals surface area contributed by atoms with Crippen LogP contribution in [0.2, 0.25) is 5.02 Å². The van der Waals surface area contributed by atoms with E-state index >= 15 is 0 Å². The third-order valence-electron chi connectivity index (χ3n) is 2.17. The lowest BCUT2D eigenvalue weighted by Crippen LogP contribution is -2.43. The van der Waals surface area contributed by atoms with Crippen molar-refractivity contribution in [2.24, 2.45) is 0 Å². The Labute approximate surface area is 105 Å². The maximum atomic E-state index is 11.6. The molecule has 0 fully saturated rings. The molecule has 0 bridgehead atoms. The molecule has 17 heavy (non-hydrogen) atoms. The van der Waals surface area contributed by atoms with Gasteiger partial charge in [0.15, 0.2) is 0 Å². The summed E-state index contributed by atoms with van der Waals surface area (Å²) in [6.07, 6.45) is 0. The molecular formula is C12H15ClN2O2. The van der Waals surface area contributed by atoms with Gasteiger partial charge in [-0.05, 0) is 24.6 Å². The maximum Gasteiger partial charge on any atom is 0.242 e. The highest BCUT2D eigenvalue weighted by Crippen LogP contribution is 2.10. The van der Waals surface area contributed by atoms with Gasteiger partial charge in [-0.25, -0.2) is 0 Å². The molecule has 92 valence electrons. The smallest absolute Gasteiger partial charge is 0.242 e. The Bertz CT molecular complexity index is 421. The summed E-state index contributed by atoms with van der Waals surface area (Å²) < 4.78 is 0. The highest BCUT2D eigenvalue weighted by Gasteiger charge is 2.12. The van der Waals surface area contributed by atoms with E-state index in [0.717, 1.165) is 5.56 Å². The first-order valence-electron chi connectivity index (χ1n) is 5.28. The van der Waals surface area contributed by atoms with Gasteiger partial charge in [-0.3, -0.25) is 9.59 Å². The van der Waals surface area contributed by atoms with Crippen molar-refractivity contribution in [1.29, 1.82) is 0 Å². The van der Waals surface area contributed by atoms with Gasteiger partial charge in [0.2, 0.25) is 11.8 Å². The number of rotatable bonds is 4. The quantitative estimate of drug-likeness (QED) is 0.855.